The Morgan fingerprint density at radius 3 is 2.83 bits per heavy atom. The van der Waals surface area contributed by atoms with Gasteiger partial charge in [-0.15, -0.1) is 0 Å². The number of nitrogens with zero attached hydrogens (tertiary/aromatic N) is 4. The van der Waals surface area contributed by atoms with Gasteiger partial charge < -0.3 is 4.84 Å². The lowest BCUT2D eigenvalue weighted by molar-refractivity contribution is -0.137. The number of aromatic nitrogens is 3. The van der Waals surface area contributed by atoms with Gasteiger partial charge in [0.1, 0.15) is 18.6 Å². The molecule has 3 aromatic rings. The molecule has 23 heavy (non-hydrogen) atoms. The SMILES string of the molecule is CON=Cc1nc(-c2cnccc2C(F)(F)F)n2ccccc12. The number of alkyl halides is 3. The molecule has 0 fully saturated rings. The minimum atomic E-state index is -4.50. The summed E-state index contributed by atoms with van der Waals surface area (Å²) in [7, 11) is 1.37. The molecule has 0 saturated carbocycles. The molecule has 0 amide bonds. The van der Waals surface area contributed by atoms with Crippen molar-refractivity contribution < 1.29 is 18.0 Å². The van der Waals surface area contributed by atoms with Crippen molar-refractivity contribution in [2.75, 3.05) is 7.11 Å². The van der Waals surface area contributed by atoms with Crippen LogP contribution in [0.1, 0.15) is 11.3 Å². The molecule has 0 aliphatic rings. The van der Waals surface area contributed by atoms with E-state index in [1.165, 1.54) is 13.3 Å². The first-order chi connectivity index (χ1) is 11.0. The van der Waals surface area contributed by atoms with Gasteiger partial charge in [-0.1, -0.05) is 11.2 Å². The molecule has 0 aliphatic carbocycles. The molecule has 0 spiro atoms. The van der Waals surface area contributed by atoms with Crippen LogP contribution in [0.2, 0.25) is 0 Å². The smallest absolute Gasteiger partial charge is 0.399 e. The number of imidazole rings is 1. The highest BCUT2D eigenvalue weighted by Gasteiger charge is 2.34. The number of rotatable bonds is 3. The molecule has 0 aliphatic heterocycles. The van der Waals surface area contributed by atoms with E-state index in [-0.39, 0.29) is 11.4 Å². The van der Waals surface area contributed by atoms with Crippen molar-refractivity contribution >= 4 is 11.7 Å². The second-order valence-corrected chi connectivity index (χ2v) is 4.61. The van der Waals surface area contributed by atoms with Crippen LogP contribution in [-0.4, -0.2) is 27.7 Å². The van der Waals surface area contributed by atoms with Crippen molar-refractivity contribution in [1.82, 2.24) is 14.4 Å². The van der Waals surface area contributed by atoms with Gasteiger partial charge in [-0.3, -0.25) is 9.38 Å². The Balaban J connectivity index is 2.28. The molecule has 0 unspecified atom stereocenters. The molecule has 0 atom stereocenters. The average molecular weight is 320 g/mol. The van der Waals surface area contributed by atoms with Crippen molar-refractivity contribution in [1.29, 1.82) is 0 Å². The fraction of sp³-hybridized carbons (Fsp3) is 0.133. The van der Waals surface area contributed by atoms with Crippen molar-refractivity contribution in [3.63, 3.8) is 0 Å². The minimum absolute atomic E-state index is 0.0988. The molecule has 0 radical (unpaired) electrons. The zero-order valence-electron chi connectivity index (χ0n) is 11.9. The summed E-state index contributed by atoms with van der Waals surface area (Å²) in [5.74, 6) is 0.138. The molecule has 3 aromatic heterocycles. The van der Waals surface area contributed by atoms with E-state index in [0.29, 0.717) is 11.2 Å². The second kappa shape index (κ2) is 5.71. The first kappa shape index (κ1) is 15.0. The summed E-state index contributed by atoms with van der Waals surface area (Å²) in [6, 6.07) is 6.14. The van der Waals surface area contributed by atoms with Gasteiger partial charge in [0.05, 0.1) is 17.3 Å². The Morgan fingerprint density at radius 1 is 1.26 bits per heavy atom. The van der Waals surface area contributed by atoms with Crippen molar-refractivity contribution in [2.24, 2.45) is 5.16 Å². The number of hydrogen-bond donors (Lipinski definition) is 0. The van der Waals surface area contributed by atoms with Gasteiger partial charge in [0.15, 0.2) is 0 Å². The zero-order valence-corrected chi connectivity index (χ0v) is 11.9. The van der Waals surface area contributed by atoms with E-state index < -0.39 is 11.7 Å². The predicted octanol–water partition coefficient (Wildman–Crippen LogP) is 3.40. The molecule has 8 heteroatoms. The Labute approximate surface area is 129 Å². The van der Waals surface area contributed by atoms with E-state index in [0.717, 1.165) is 18.5 Å². The quantitative estimate of drug-likeness (QED) is 0.549. The van der Waals surface area contributed by atoms with Crippen LogP contribution < -0.4 is 0 Å². The molecule has 0 aromatic carbocycles. The fourth-order valence-corrected chi connectivity index (χ4v) is 2.27. The van der Waals surface area contributed by atoms with Crippen LogP contribution in [0, 0.1) is 0 Å². The molecule has 0 bridgehead atoms. The average Bonchev–Trinajstić information content (AvgIpc) is 2.91. The molecule has 3 rings (SSSR count). The lowest BCUT2D eigenvalue weighted by Crippen LogP contribution is -2.08. The lowest BCUT2D eigenvalue weighted by atomic mass is 10.1. The van der Waals surface area contributed by atoms with Gasteiger partial charge in [-0.05, 0) is 18.2 Å². The summed E-state index contributed by atoms with van der Waals surface area (Å²) in [5, 5.41) is 3.63. The van der Waals surface area contributed by atoms with Gasteiger partial charge >= 0.3 is 6.18 Å². The van der Waals surface area contributed by atoms with Gasteiger partial charge in [-0.2, -0.15) is 13.2 Å². The van der Waals surface area contributed by atoms with Gasteiger partial charge in [-0.25, -0.2) is 4.98 Å². The fourth-order valence-electron chi connectivity index (χ4n) is 2.27. The van der Waals surface area contributed by atoms with Crippen LogP contribution >= 0.6 is 0 Å². The summed E-state index contributed by atoms with van der Waals surface area (Å²) >= 11 is 0. The van der Waals surface area contributed by atoms with Crippen molar-refractivity contribution in [2.45, 2.75) is 6.18 Å². The Hall–Kier alpha value is -2.90. The number of fused-ring (bicyclic) bond motifs is 1. The summed E-state index contributed by atoms with van der Waals surface area (Å²) in [5.41, 5.74) is 0.122. The number of oxime groups is 1. The minimum Gasteiger partial charge on any atom is -0.399 e. The Bertz CT molecular complexity index is 871. The Morgan fingerprint density at radius 2 is 2.09 bits per heavy atom. The van der Waals surface area contributed by atoms with E-state index in [4.69, 9.17) is 0 Å². The second-order valence-electron chi connectivity index (χ2n) is 4.61. The van der Waals surface area contributed by atoms with Gasteiger partial charge in [0.2, 0.25) is 0 Å². The number of hydrogen-bond acceptors (Lipinski definition) is 4. The summed E-state index contributed by atoms with van der Waals surface area (Å²) in [4.78, 5) is 12.7. The predicted molar refractivity (Wildman–Crippen MR) is 78.0 cm³/mol. The molecule has 0 N–H and O–H groups in total. The Kier molecular flexibility index (Phi) is 3.73. The lowest BCUT2D eigenvalue weighted by Gasteiger charge is -2.11. The van der Waals surface area contributed by atoms with Crippen LogP contribution in [0.4, 0.5) is 13.2 Å². The maximum Gasteiger partial charge on any atom is 0.417 e. The maximum absolute atomic E-state index is 13.2. The summed E-state index contributed by atoms with van der Waals surface area (Å²) in [6.07, 6.45) is 0.744. The van der Waals surface area contributed by atoms with E-state index in [1.807, 2.05) is 0 Å². The van der Waals surface area contributed by atoms with Crippen LogP contribution in [0.5, 0.6) is 0 Å². The van der Waals surface area contributed by atoms with Crippen molar-refractivity contribution in [3.8, 4) is 11.4 Å². The van der Waals surface area contributed by atoms with Gasteiger partial charge in [0.25, 0.3) is 0 Å². The molecule has 0 saturated heterocycles. The normalized spacial score (nSPS) is 12.2. The highest BCUT2D eigenvalue weighted by Crippen LogP contribution is 2.36. The maximum atomic E-state index is 13.2. The van der Waals surface area contributed by atoms with Gasteiger partial charge in [0, 0.05) is 24.2 Å². The first-order valence-corrected chi connectivity index (χ1v) is 6.57. The van der Waals surface area contributed by atoms with Crippen LogP contribution in [0.3, 0.4) is 0 Å². The molecular formula is C15H11F3N4O. The summed E-state index contributed by atoms with van der Waals surface area (Å²) in [6.45, 7) is 0. The standard InChI is InChI=1S/C15H11F3N4O/c1-23-20-9-12-13-4-2-3-7-22(13)14(21-12)10-8-19-6-5-11(10)15(16,17)18/h2-9H,1H3. The topological polar surface area (TPSA) is 51.8 Å². The van der Waals surface area contributed by atoms with Crippen molar-refractivity contribution in [3.05, 3.63) is 54.1 Å². The molecular weight excluding hydrogens is 309 g/mol. The largest absolute Gasteiger partial charge is 0.417 e. The third-order valence-corrected chi connectivity index (χ3v) is 3.22. The molecule has 118 valence electrons. The third-order valence-electron chi connectivity index (χ3n) is 3.22. The van der Waals surface area contributed by atoms with E-state index in [9.17, 15) is 13.2 Å². The first-order valence-electron chi connectivity index (χ1n) is 6.57. The van der Waals surface area contributed by atoms with E-state index in [2.05, 4.69) is 20.0 Å². The number of pyridine rings is 2. The third kappa shape index (κ3) is 2.75. The highest BCUT2D eigenvalue weighted by molar-refractivity contribution is 5.89. The van der Waals surface area contributed by atoms with Crippen LogP contribution in [-0.2, 0) is 11.0 Å². The van der Waals surface area contributed by atoms with E-state index >= 15 is 0 Å². The van der Waals surface area contributed by atoms with Crippen LogP contribution in [0.15, 0.2) is 48.0 Å². The molecule has 3 heterocycles. The van der Waals surface area contributed by atoms with Crippen LogP contribution in [0.25, 0.3) is 16.9 Å². The zero-order chi connectivity index (χ0) is 16.4. The van der Waals surface area contributed by atoms with E-state index in [1.54, 1.807) is 28.8 Å². The molecule has 5 nitrogen and oxygen atoms in total. The summed E-state index contributed by atoms with van der Waals surface area (Å²) < 4.78 is 41.3. The number of halogens is 3. The monoisotopic (exact) mass is 320 g/mol. The highest BCUT2D eigenvalue weighted by atomic mass is 19.4.